The summed E-state index contributed by atoms with van der Waals surface area (Å²) in [6.45, 7) is 5.07. The summed E-state index contributed by atoms with van der Waals surface area (Å²) < 4.78 is 0.493. The first-order chi connectivity index (χ1) is 9.97. The van der Waals surface area contributed by atoms with Gasteiger partial charge >= 0.3 is 0 Å². The van der Waals surface area contributed by atoms with Gasteiger partial charge in [-0.25, -0.2) is 0 Å². The molecule has 0 saturated carbocycles. The molecular weight excluding hydrogens is 376 g/mol. The van der Waals surface area contributed by atoms with E-state index >= 15 is 0 Å². The van der Waals surface area contributed by atoms with E-state index in [1.165, 1.54) is 11.8 Å². The van der Waals surface area contributed by atoms with E-state index in [1.54, 1.807) is 23.1 Å². The summed E-state index contributed by atoms with van der Waals surface area (Å²) >= 11 is 10.5. The van der Waals surface area contributed by atoms with Crippen molar-refractivity contribution in [3.63, 3.8) is 0 Å². The molecule has 4 nitrogen and oxygen atoms in total. The van der Waals surface area contributed by atoms with Crippen LogP contribution in [0.3, 0.4) is 0 Å². The minimum Gasteiger partial charge on any atom is -0.505 e. The number of benzene rings is 1. The lowest BCUT2D eigenvalue weighted by molar-refractivity contribution is -0.122. The Labute approximate surface area is 141 Å². The molecule has 1 aliphatic heterocycles. The van der Waals surface area contributed by atoms with Gasteiger partial charge < -0.3 is 5.11 Å². The molecule has 1 fully saturated rings. The predicted molar refractivity (Wildman–Crippen MR) is 91.7 cm³/mol. The number of thioether (sulfide) groups is 1. The normalized spacial score (nSPS) is 19.0. The molecule has 1 saturated heterocycles. The fraction of sp³-hybridized carbons (Fsp3) is 0.286. The molecule has 2 rings (SSSR count). The van der Waals surface area contributed by atoms with E-state index in [-0.39, 0.29) is 16.7 Å². The molecule has 0 bridgehead atoms. The van der Waals surface area contributed by atoms with E-state index in [4.69, 9.17) is 11.6 Å². The van der Waals surface area contributed by atoms with Crippen molar-refractivity contribution in [1.82, 2.24) is 4.90 Å². The first kappa shape index (κ1) is 16.4. The number of halogens is 2. The van der Waals surface area contributed by atoms with Gasteiger partial charge in [0, 0.05) is 13.1 Å². The van der Waals surface area contributed by atoms with Gasteiger partial charge in [0.25, 0.3) is 5.91 Å². The number of phenolic OH excluding ortho intramolecular Hbond substituents is 1. The van der Waals surface area contributed by atoms with Gasteiger partial charge in [-0.05, 0) is 65.3 Å². The van der Waals surface area contributed by atoms with Crippen LogP contribution < -0.4 is 0 Å². The molecule has 1 aliphatic rings. The molecule has 1 N–H and O–H groups in total. The van der Waals surface area contributed by atoms with Crippen LogP contribution in [0.15, 0.2) is 26.5 Å². The van der Waals surface area contributed by atoms with Crippen LogP contribution in [0.1, 0.15) is 19.4 Å². The number of likely N-dealkylation sites (N-methyl/N-ethyl adjacent to an activating group) is 1. The van der Waals surface area contributed by atoms with E-state index in [0.717, 1.165) is 10.7 Å². The van der Waals surface area contributed by atoms with E-state index in [2.05, 4.69) is 20.9 Å². The van der Waals surface area contributed by atoms with E-state index < -0.39 is 0 Å². The lowest BCUT2D eigenvalue weighted by Gasteiger charge is -2.11. The Hall–Kier alpha value is -0.980. The zero-order valence-electron chi connectivity index (χ0n) is 11.6. The van der Waals surface area contributed by atoms with E-state index in [9.17, 15) is 9.90 Å². The van der Waals surface area contributed by atoms with Crippen LogP contribution in [-0.4, -0.2) is 34.2 Å². The second kappa shape index (κ2) is 6.85. The molecule has 0 unspecified atom stereocenters. The molecule has 0 radical (unpaired) electrons. The maximum Gasteiger partial charge on any atom is 0.266 e. The molecule has 112 valence electrons. The third-order valence-electron chi connectivity index (χ3n) is 2.83. The van der Waals surface area contributed by atoms with Crippen molar-refractivity contribution >= 4 is 56.4 Å². The van der Waals surface area contributed by atoms with Gasteiger partial charge in [-0.3, -0.25) is 14.7 Å². The second-order valence-corrected chi connectivity index (χ2v) is 6.52. The van der Waals surface area contributed by atoms with Crippen LogP contribution in [0.5, 0.6) is 5.75 Å². The number of nitrogens with zero attached hydrogens (tertiary/aromatic N) is 2. The Kier molecular flexibility index (Phi) is 5.35. The molecule has 0 aromatic heterocycles. The van der Waals surface area contributed by atoms with Gasteiger partial charge in [-0.1, -0.05) is 11.6 Å². The Balaban J connectivity index is 2.38. The lowest BCUT2D eigenvalue weighted by Crippen LogP contribution is -2.28. The van der Waals surface area contributed by atoms with Crippen LogP contribution in [-0.2, 0) is 4.79 Å². The monoisotopic (exact) mass is 388 g/mol. The van der Waals surface area contributed by atoms with Crippen LogP contribution in [0.2, 0.25) is 5.02 Å². The molecule has 1 aromatic rings. The van der Waals surface area contributed by atoms with E-state index in [0.29, 0.717) is 22.5 Å². The highest BCUT2D eigenvalue weighted by atomic mass is 79.9. The first-order valence-corrected chi connectivity index (χ1v) is 8.40. The van der Waals surface area contributed by atoms with Crippen LogP contribution in [0.4, 0.5) is 0 Å². The smallest absolute Gasteiger partial charge is 0.266 e. The molecule has 0 aliphatic carbocycles. The van der Waals surface area contributed by atoms with Crippen LogP contribution in [0.25, 0.3) is 6.08 Å². The van der Waals surface area contributed by atoms with Crippen LogP contribution >= 0.6 is 39.3 Å². The van der Waals surface area contributed by atoms with Crippen molar-refractivity contribution in [3.05, 3.63) is 32.1 Å². The SMILES string of the molecule is CCN=C1S/C(=C/c2cc(Cl)c(O)c(Br)c2)C(=O)N1CC. The minimum absolute atomic E-state index is 0.00682. The maximum atomic E-state index is 12.3. The number of rotatable bonds is 3. The van der Waals surface area contributed by atoms with Gasteiger partial charge in [-0.15, -0.1) is 0 Å². The lowest BCUT2D eigenvalue weighted by atomic mass is 10.2. The topological polar surface area (TPSA) is 52.9 Å². The largest absolute Gasteiger partial charge is 0.505 e. The van der Waals surface area contributed by atoms with Crippen LogP contribution in [0, 0.1) is 0 Å². The number of carbonyl (C=O) groups is 1. The summed E-state index contributed by atoms with van der Waals surface area (Å²) in [6, 6.07) is 3.33. The number of amidine groups is 1. The summed E-state index contributed by atoms with van der Waals surface area (Å²) in [6.07, 6.45) is 1.75. The minimum atomic E-state index is -0.0602. The number of aromatic hydroxyl groups is 1. The highest BCUT2D eigenvalue weighted by Crippen LogP contribution is 2.36. The Morgan fingerprint density at radius 2 is 2.19 bits per heavy atom. The van der Waals surface area contributed by atoms with Gasteiger partial charge in [0.2, 0.25) is 0 Å². The number of hydrogen-bond donors (Lipinski definition) is 1. The van der Waals surface area contributed by atoms with Gasteiger partial charge in [-0.2, -0.15) is 0 Å². The second-order valence-electron chi connectivity index (χ2n) is 4.25. The Morgan fingerprint density at radius 1 is 1.48 bits per heavy atom. The molecule has 0 spiro atoms. The Bertz CT molecular complexity index is 623. The summed E-state index contributed by atoms with van der Waals surface area (Å²) in [7, 11) is 0. The van der Waals surface area contributed by atoms with Crippen molar-refractivity contribution in [1.29, 1.82) is 0 Å². The zero-order valence-corrected chi connectivity index (χ0v) is 14.7. The molecule has 1 aromatic carbocycles. The summed E-state index contributed by atoms with van der Waals surface area (Å²) in [5, 5.41) is 10.6. The molecule has 1 heterocycles. The number of aliphatic imine (C=N–C) groups is 1. The summed E-state index contributed by atoms with van der Waals surface area (Å²) in [5.74, 6) is -0.0670. The molecular formula is C14H14BrClN2O2S. The zero-order chi connectivity index (χ0) is 15.6. The standard InChI is InChI=1S/C14H14BrClN2O2S/c1-3-17-14-18(4-2)13(20)11(21-14)7-8-5-9(15)12(19)10(16)6-8/h5-7,19H,3-4H2,1-2H3/b11-7+,17-14?. The average molecular weight is 390 g/mol. The highest BCUT2D eigenvalue weighted by molar-refractivity contribution is 9.10. The molecule has 21 heavy (non-hydrogen) atoms. The number of carbonyl (C=O) groups excluding carboxylic acids is 1. The number of amides is 1. The maximum absolute atomic E-state index is 12.3. The third-order valence-corrected chi connectivity index (χ3v) is 4.77. The first-order valence-electron chi connectivity index (χ1n) is 6.41. The predicted octanol–water partition coefficient (Wildman–Crippen LogP) is 4.12. The van der Waals surface area contributed by atoms with Crippen molar-refractivity contribution in [3.8, 4) is 5.75 Å². The van der Waals surface area contributed by atoms with Crippen molar-refractivity contribution in [2.45, 2.75) is 13.8 Å². The highest BCUT2D eigenvalue weighted by Gasteiger charge is 2.31. The molecule has 1 amide bonds. The summed E-state index contributed by atoms with van der Waals surface area (Å²) in [4.78, 5) is 18.9. The van der Waals surface area contributed by atoms with Gasteiger partial charge in [0.1, 0.15) is 5.75 Å². The number of phenols is 1. The third kappa shape index (κ3) is 3.44. The quantitative estimate of drug-likeness (QED) is 0.791. The Morgan fingerprint density at radius 3 is 2.76 bits per heavy atom. The fourth-order valence-electron chi connectivity index (χ4n) is 1.86. The van der Waals surface area contributed by atoms with Crippen molar-refractivity contribution in [2.24, 2.45) is 4.99 Å². The van der Waals surface area contributed by atoms with E-state index in [1.807, 2.05) is 13.8 Å². The average Bonchev–Trinajstić information content (AvgIpc) is 2.72. The van der Waals surface area contributed by atoms with Crippen molar-refractivity contribution < 1.29 is 9.90 Å². The fourth-order valence-corrected chi connectivity index (χ4v) is 3.78. The van der Waals surface area contributed by atoms with Crippen molar-refractivity contribution in [2.75, 3.05) is 13.1 Å². The molecule has 0 atom stereocenters. The summed E-state index contributed by atoms with van der Waals surface area (Å²) in [5.41, 5.74) is 0.745. The van der Waals surface area contributed by atoms with Gasteiger partial charge in [0.15, 0.2) is 5.17 Å². The number of hydrogen-bond acceptors (Lipinski definition) is 4. The van der Waals surface area contributed by atoms with Gasteiger partial charge in [0.05, 0.1) is 14.4 Å². The molecule has 7 heteroatoms.